The smallest absolute Gasteiger partial charge is 0.199 e. The van der Waals surface area contributed by atoms with Crippen molar-refractivity contribution in [2.24, 2.45) is 0 Å². The summed E-state index contributed by atoms with van der Waals surface area (Å²) in [6.07, 6.45) is 6.37. The average molecular weight is 250 g/mol. The minimum Gasteiger partial charge on any atom is -0.219 e. The van der Waals surface area contributed by atoms with E-state index in [1.54, 1.807) is 12.1 Å². The van der Waals surface area contributed by atoms with E-state index >= 15 is 0 Å². The fourth-order valence-corrected chi connectivity index (χ4v) is 3.17. The maximum absolute atomic E-state index is 11.6. The van der Waals surface area contributed by atoms with Gasteiger partial charge in [-0.05, 0) is 36.5 Å². The maximum Gasteiger partial charge on any atom is 0.199 e. The van der Waals surface area contributed by atoms with Gasteiger partial charge in [0.25, 0.3) is 0 Å². The highest BCUT2D eigenvalue weighted by Gasteiger charge is 2.16. The largest absolute Gasteiger partial charge is 0.219 e. The second kappa shape index (κ2) is 5.05. The zero-order chi connectivity index (χ0) is 12.3. The Hall–Kier alpha value is -1.09. The summed E-state index contributed by atoms with van der Waals surface area (Å²) in [5.41, 5.74) is 1.27. The molecule has 0 aliphatic heterocycles. The molecule has 0 radical (unpaired) electrons. The monoisotopic (exact) mass is 250 g/mol. The van der Waals surface area contributed by atoms with Crippen LogP contribution in [0.5, 0.6) is 0 Å². The summed E-state index contributed by atoms with van der Waals surface area (Å²) in [5, 5.41) is 1.00. The van der Waals surface area contributed by atoms with Crippen molar-refractivity contribution in [2.75, 3.05) is 0 Å². The van der Waals surface area contributed by atoms with Crippen molar-refractivity contribution in [3.05, 3.63) is 41.8 Å². The molecule has 2 nitrogen and oxygen atoms in total. The van der Waals surface area contributed by atoms with Crippen LogP contribution >= 0.6 is 0 Å². The van der Waals surface area contributed by atoms with E-state index < -0.39 is 9.84 Å². The summed E-state index contributed by atoms with van der Waals surface area (Å²) in [7, 11) is -3.28. The SMILES string of the molecule is C=CS(=O)(=O)c1ccc(C2CCCCC2)cc1. The molecule has 1 aliphatic carbocycles. The molecule has 0 saturated heterocycles. The van der Waals surface area contributed by atoms with Crippen LogP contribution in [0.25, 0.3) is 0 Å². The predicted octanol–water partition coefficient (Wildman–Crippen LogP) is 3.65. The van der Waals surface area contributed by atoms with Gasteiger partial charge in [-0.15, -0.1) is 0 Å². The molecule has 1 aromatic rings. The lowest BCUT2D eigenvalue weighted by molar-refractivity contribution is 0.443. The van der Waals surface area contributed by atoms with Crippen molar-refractivity contribution in [1.29, 1.82) is 0 Å². The third-order valence-electron chi connectivity index (χ3n) is 3.50. The Morgan fingerprint density at radius 2 is 1.65 bits per heavy atom. The molecular formula is C14H18O2S. The van der Waals surface area contributed by atoms with Crippen LogP contribution in [0.15, 0.2) is 41.1 Å². The Labute approximate surface area is 103 Å². The zero-order valence-corrected chi connectivity index (χ0v) is 10.7. The van der Waals surface area contributed by atoms with Crippen molar-refractivity contribution in [3.8, 4) is 0 Å². The molecule has 1 fully saturated rings. The summed E-state index contributed by atoms with van der Waals surface area (Å²) in [4.78, 5) is 0.340. The van der Waals surface area contributed by atoms with E-state index in [4.69, 9.17) is 0 Å². The van der Waals surface area contributed by atoms with Crippen molar-refractivity contribution in [2.45, 2.75) is 42.9 Å². The molecule has 2 rings (SSSR count). The van der Waals surface area contributed by atoms with E-state index in [2.05, 4.69) is 6.58 Å². The predicted molar refractivity (Wildman–Crippen MR) is 69.7 cm³/mol. The molecule has 0 aromatic heterocycles. The number of hydrogen-bond donors (Lipinski definition) is 0. The number of benzene rings is 1. The highest BCUT2D eigenvalue weighted by molar-refractivity contribution is 7.94. The van der Waals surface area contributed by atoms with Gasteiger partial charge in [-0.3, -0.25) is 0 Å². The van der Waals surface area contributed by atoms with Crippen molar-refractivity contribution >= 4 is 9.84 Å². The van der Waals surface area contributed by atoms with Crippen LogP contribution in [0.1, 0.15) is 43.6 Å². The maximum atomic E-state index is 11.6. The summed E-state index contributed by atoms with van der Waals surface area (Å²) < 4.78 is 23.1. The van der Waals surface area contributed by atoms with E-state index in [0.29, 0.717) is 10.8 Å². The number of sulfone groups is 1. The van der Waals surface area contributed by atoms with Gasteiger partial charge >= 0.3 is 0 Å². The van der Waals surface area contributed by atoms with Gasteiger partial charge in [0.15, 0.2) is 9.84 Å². The third-order valence-corrected chi connectivity index (χ3v) is 4.87. The minimum atomic E-state index is -3.28. The van der Waals surface area contributed by atoms with Crippen LogP contribution in [0, 0.1) is 0 Å². The molecule has 1 saturated carbocycles. The van der Waals surface area contributed by atoms with Gasteiger partial charge in [0.2, 0.25) is 0 Å². The lowest BCUT2D eigenvalue weighted by atomic mass is 9.84. The molecule has 0 atom stereocenters. The quantitative estimate of drug-likeness (QED) is 0.820. The van der Waals surface area contributed by atoms with Crippen molar-refractivity contribution < 1.29 is 8.42 Å². The van der Waals surface area contributed by atoms with Gasteiger partial charge in [-0.25, -0.2) is 8.42 Å². The minimum absolute atomic E-state index is 0.340. The lowest BCUT2D eigenvalue weighted by Gasteiger charge is -2.21. The number of rotatable bonds is 3. The summed E-state index contributed by atoms with van der Waals surface area (Å²) in [6.45, 7) is 3.33. The van der Waals surface area contributed by atoms with Crippen molar-refractivity contribution in [3.63, 3.8) is 0 Å². The Morgan fingerprint density at radius 3 is 2.18 bits per heavy atom. The van der Waals surface area contributed by atoms with Crippen LogP contribution in [-0.4, -0.2) is 8.42 Å². The van der Waals surface area contributed by atoms with Crippen LogP contribution in [0.2, 0.25) is 0 Å². The van der Waals surface area contributed by atoms with Gasteiger partial charge < -0.3 is 0 Å². The fraction of sp³-hybridized carbons (Fsp3) is 0.429. The van der Waals surface area contributed by atoms with E-state index in [0.717, 1.165) is 5.41 Å². The Morgan fingerprint density at radius 1 is 1.06 bits per heavy atom. The Balaban J connectivity index is 2.20. The standard InChI is InChI=1S/C14H18O2S/c1-2-17(15,16)14-10-8-13(9-11-14)12-6-4-3-5-7-12/h2,8-12H,1,3-7H2. The second-order valence-corrected chi connectivity index (χ2v) is 6.51. The molecule has 0 heterocycles. The van der Waals surface area contributed by atoms with Gasteiger partial charge in [0.05, 0.1) is 4.90 Å². The molecular weight excluding hydrogens is 232 g/mol. The van der Waals surface area contributed by atoms with Crippen LogP contribution in [-0.2, 0) is 9.84 Å². The van der Waals surface area contributed by atoms with E-state index in [1.807, 2.05) is 12.1 Å². The fourth-order valence-electron chi connectivity index (χ4n) is 2.46. The molecule has 0 spiro atoms. The zero-order valence-electron chi connectivity index (χ0n) is 9.93. The first-order valence-corrected chi connectivity index (χ1v) is 7.65. The Bertz CT molecular complexity index is 479. The van der Waals surface area contributed by atoms with Crippen LogP contribution in [0.3, 0.4) is 0 Å². The summed E-state index contributed by atoms with van der Waals surface area (Å²) in [5.74, 6) is 0.615. The molecule has 0 amide bonds. The van der Waals surface area contributed by atoms with E-state index in [1.165, 1.54) is 37.7 Å². The molecule has 0 bridgehead atoms. The second-order valence-electron chi connectivity index (χ2n) is 4.62. The highest BCUT2D eigenvalue weighted by Crippen LogP contribution is 2.32. The van der Waals surface area contributed by atoms with Gasteiger partial charge in [-0.2, -0.15) is 0 Å². The molecule has 0 unspecified atom stereocenters. The summed E-state index contributed by atoms with van der Waals surface area (Å²) >= 11 is 0. The first-order valence-electron chi connectivity index (χ1n) is 6.11. The molecule has 3 heteroatoms. The Kier molecular flexibility index (Phi) is 3.67. The first-order chi connectivity index (χ1) is 8.13. The average Bonchev–Trinajstić information content (AvgIpc) is 2.40. The van der Waals surface area contributed by atoms with Crippen LogP contribution in [0.4, 0.5) is 0 Å². The van der Waals surface area contributed by atoms with Crippen LogP contribution < -0.4 is 0 Å². The van der Waals surface area contributed by atoms with Gasteiger partial charge in [-0.1, -0.05) is 38.0 Å². The van der Waals surface area contributed by atoms with Gasteiger partial charge in [0.1, 0.15) is 0 Å². The van der Waals surface area contributed by atoms with E-state index in [-0.39, 0.29) is 0 Å². The molecule has 17 heavy (non-hydrogen) atoms. The molecule has 1 aromatic carbocycles. The molecule has 1 aliphatic rings. The first kappa shape index (κ1) is 12.4. The lowest BCUT2D eigenvalue weighted by Crippen LogP contribution is -2.05. The summed E-state index contributed by atoms with van der Waals surface area (Å²) in [6, 6.07) is 7.29. The highest BCUT2D eigenvalue weighted by atomic mass is 32.2. The third kappa shape index (κ3) is 2.78. The topological polar surface area (TPSA) is 34.1 Å². The molecule has 92 valence electrons. The van der Waals surface area contributed by atoms with E-state index in [9.17, 15) is 8.42 Å². The van der Waals surface area contributed by atoms with Gasteiger partial charge in [0, 0.05) is 5.41 Å². The normalized spacial score (nSPS) is 17.9. The van der Waals surface area contributed by atoms with Crippen molar-refractivity contribution in [1.82, 2.24) is 0 Å². The molecule has 0 N–H and O–H groups in total. The number of hydrogen-bond acceptors (Lipinski definition) is 2.